The molecule has 3 N–H and O–H groups in total. The van der Waals surface area contributed by atoms with Gasteiger partial charge in [-0.3, -0.25) is 9.89 Å². The van der Waals surface area contributed by atoms with Gasteiger partial charge < -0.3 is 5.73 Å². The van der Waals surface area contributed by atoms with Gasteiger partial charge in [-0.25, -0.2) is 4.68 Å². The average molecular weight is 210 g/mol. The zero-order valence-corrected chi connectivity index (χ0v) is 7.95. The molecule has 14 heavy (non-hydrogen) atoms. The molecule has 0 bridgehead atoms. The molecule has 0 atom stereocenters. The molecule has 0 radical (unpaired) electrons. The highest BCUT2D eigenvalue weighted by atomic mass is 35.5. The second-order valence-corrected chi connectivity index (χ2v) is 3.30. The maximum absolute atomic E-state index is 11.3. The third-order valence-corrected chi connectivity index (χ3v) is 2.08. The normalized spacial score (nSPS) is 10.4. The molecule has 0 saturated heterocycles. The van der Waals surface area contributed by atoms with Crippen LogP contribution in [0.5, 0.6) is 0 Å². The number of rotatable bonds is 1. The van der Waals surface area contributed by atoms with E-state index in [1.165, 1.54) is 10.7 Å². The van der Waals surface area contributed by atoms with Crippen LogP contribution in [0.2, 0.25) is 5.02 Å². The van der Waals surface area contributed by atoms with E-state index in [4.69, 9.17) is 17.3 Å². The van der Waals surface area contributed by atoms with E-state index >= 15 is 0 Å². The van der Waals surface area contributed by atoms with Gasteiger partial charge in [-0.1, -0.05) is 11.6 Å². The number of hydrogen-bond acceptors (Lipinski definition) is 2. The van der Waals surface area contributed by atoms with E-state index in [1.807, 2.05) is 0 Å². The van der Waals surface area contributed by atoms with Gasteiger partial charge >= 0.3 is 0 Å². The third-order valence-electron chi connectivity index (χ3n) is 1.83. The Morgan fingerprint density at radius 1 is 1.29 bits per heavy atom. The first kappa shape index (κ1) is 8.90. The van der Waals surface area contributed by atoms with E-state index < -0.39 is 0 Å². The molecule has 0 fully saturated rings. The van der Waals surface area contributed by atoms with Gasteiger partial charge in [0.15, 0.2) is 0 Å². The van der Waals surface area contributed by atoms with E-state index in [-0.39, 0.29) is 5.56 Å². The Bertz CT molecular complexity index is 498. The van der Waals surface area contributed by atoms with Crippen molar-refractivity contribution in [2.75, 3.05) is 5.73 Å². The number of aromatic nitrogens is 2. The Labute approximate surface area is 84.9 Å². The molecular formula is C9H8ClN3O. The maximum Gasteiger partial charge on any atom is 0.273 e. The minimum Gasteiger partial charge on any atom is -0.384 e. The van der Waals surface area contributed by atoms with Gasteiger partial charge in [-0.05, 0) is 24.3 Å². The number of nitrogen functional groups attached to an aromatic ring is 1. The second kappa shape index (κ2) is 3.23. The van der Waals surface area contributed by atoms with E-state index in [0.717, 1.165) is 0 Å². The Morgan fingerprint density at radius 2 is 1.93 bits per heavy atom. The molecule has 1 aromatic carbocycles. The largest absolute Gasteiger partial charge is 0.384 e. The van der Waals surface area contributed by atoms with Crippen LogP contribution >= 0.6 is 11.6 Å². The van der Waals surface area contributed by atoms with Crippen molar-refractivity contribution in [3.8, 4) is 5.69 Å². The van der Waals surface area contributed by atoms with Gasteiger partial charge in [0.1, 0.15) is 5.82 Å². The number of benzene rings is 1. The Kier molecular flexibility index (Phi) is 2.05. The van der Waals surface area contributed by atoms with Crippen LogP contribution in [0.1, 0.15) is 0 Å². The molecule has 0 aliphatic heterocycles. The molecule has 1 aromatic heterocycles. The lowest BCUT2D eigenvalue weighted by Gasteiger charge is -2.00. The topological polar surface area (TPSA) is 63.8 Å². The number of H-pyrrole nitrogens is 1. The highest BCUT2D eigenvalue weighted by Gasteiger charge is 2.01. The fraction of sp³-hybridized carbons (Fsp3) is 0. The number of aromatic amines is 1. The predicted molar refractivity (Wildman–Crippen MR) is 55.8 cm³/mol. The van der Waals surface area contributed by atoms with E-state index in [2.05, 4.69) is 5.10 Å². The van der Waals surface area contributed by atoms with Crippen LogP contribution in [0, 0.1) is 0 Å². The number of halogens is 1. The molecular weight excluding hydrogens is 202 g/mol. The molecule has 4 nitrogen and oxygen atoms in total. The van der Waals surface area contributed by atoms with Crippen molar-refractivity contribution in [3.05, 3.63) is 45.7 Å². The maximum atomic E-state index is 11.3. The van der Waals surface area contributed by atoms with Gasteiger partial charge in [-0.15, -0.1) is 0 Å². The molecule has 0 spiro atoms. The average Bonchev–Trinajstić information content (AvgIpc) is 2.47. The zero-order chi connectivity index (χ0) is 10.1. The molecule has 0 aliphatic carbocycles. The van der Waals surface area contributed by atoms with Crippen molar-refractivity contribution in [2.24, 2.45) is 0 Å². The van der Waals surface area contributed by atoms with Crippen molar-refractivity contribution in [3.63, 3.8) is 0 Å². The van der Waals surface area contributed by atoms with Crippen LogP contribution in [0.25, 0.3) is 5.69 Å². The Balaban J connectivity index is 2.54. The van der Waals surface area contributed by atoms with Crippen molar-refractivity contribution in [1.82, 2.24) is 9.78 Å². The summed E-state index contributed by atoms with van der Waals surface area (Å²) in [4.78, 5) is 11.3. The lowest BCUT2D eigenvalue weighted by molar-refractivity contribution is 0.854. The molecule has 0 aliphatic rings. The van der Waals surface area contributed by atoms with Crippen LogP contribution in [0.4, 0.5) is 5.82 Å². The molecule has 0 saturated carbocycles. The highest BCUT2D eigenvalue weighted by Crippen LogP contribution is 2.11. The summed E-state index contributed by atoms with van der Waals surface area (Å²) >= 11 is 5.72. The van der Waals surface area contributed by atoms with E-state index in [1.54, 1.807) is 24.3 Å². The fourth-order valence-corrected chi connectivity index (χ4v) is 1.32. The minimum atomic E-state index is -0.190. The van der Waals surface area contributed by atoms with Gasteiger partial charge in [0.2, 0.25) is 0 Å². The number of nitrogens with one attached hydrogen (secondary N) is 1. The summed E-state index contributed by atoms with van der Waals surface area (Å²) in [5.41, 5.74) is 5.96. The highest BCUT2D eigenvalue weighted by molar-refractivity contribution is 6.30. The molecule has 2 rings (SSSR count). The first-order valence-corrected chi connectivity index (χ1v) is 4.38. The number of nitrogens with two attached hydrogens (primary N) is 1. The van der Waals surface area contributed by atoms with Gasteiger partial charge in [0.05, 0.1) is 5.69 Å². The summed E-state index contributed by atoms with van der Waals surface area (Å²) in [6.07, 6.45) is 0. The summed E-state index contributed by atoms with van der Waals surface area (Å²) in [6.45, 7) is 0. The predicted octanol–water partition coefficient (Wildman–Crippen LogP) is 1.40. The molecule has 72 valence electrons. The number of hydrogen-bond donors (Lipinski definition) is 2. The first-order valence-electron chi connectivity index (χ1n) is 4.00. The standard InChI is InChI=1S/C9H8ClN3O/c10-6-1-3-7(4-2-6)13-9(14)5-8(11)12-13/h1-5,12H,11H2. The van der Waals surface area contributed by atoms with Crippen LogP contribution in [-0.2, 0) is 0 Å². The van der Waals surface area contributed by atoms with Crippen molar-refractivity contribution in [2.45, 2.75) is 0 Å². The summed E-state index contributed by atoms with van der Waals surface area (Å²) in [5, 5.41) is 3.35. The smallest absolute Gasteiger partial charge is 0.273 e. The first-order chi connectivity index (χ1) is 6.66. The van der Waals surface area contributed by atoms with Crippen LogP contribution in [0.15, 0.2) is 35.1 Å². The molecule has 0 unspecified atom stereocenters. The van der Waals surface area contributed by atoms with Crippen LogP contribution < -0.4 is 11.3 Å². The third kappa shape index (κ3) is 1.52. The monoisotopic (exact) mass is 209 g/mol. The zero-order valence-electron chi connectivity index (χ0n) is 7.20. The lowest BCUT2D eigenvalue weighted by atomic mass is 10.3. The number of nitrogens with zero attached hydrogens (tertiary/aromatic N) is 1. The summed E-state index contributed by atoms with van der Waals surface area (Å²) in [7, 11) is 0. The minimum absolute atomic E-state index is 0.190. The summed E-state index contributed by atoms with van der Waals surface area (Å²) in [6, 6.07) is 8.22. The fourth-order valence-electron chi connectivity index (χ4n) is 1.20. The Hall–Kier alpha value is -1.68. The Morgan fingerprint density at radius 3 is 2.43 bits per heavy atom. The van der Waals surface area contributed by atoms with E-state index in [9.17, 15) is 4.79 Å². The van der Waals surface area contributed by atoms with Gasteiger partial charge in [-0.2, -0.15) is 0 Å². The second-order valence-electron chi connectivity index (χ2n) is 2.86. The summed E-state index contributed by atoms with van der Waals surface area (Å²) < 4.78 is 1.35. The molecule has 0 amide bonds. The van der Waals surface area contributed by atoms with Crippen molar-refractivity contribution in [1.29, 1.82) is 0 Å². The lowest BCUT2D eigenvalue weighted by Crippen LogP contribution is -2.13. The SMILES string of the molecule is Nc1cc(=O)n(-c2ccc(Cl)cc2)[nH]1. The van der Waals surface area contributed by atoms with E-state index in [0.29, 0.717) is 16.5 Å². The van der Waals surface area contributed by atoms with Crippen molar-refractivity contribution >= 4 is 17.4 Å². The number of anilines is 1. The van der Waals surface area contributed by atoms with Crippen LogP contribution in [0.3, 0.4) is 0 Å². The summed E-state index contributed by atoms with van der Waals surface area (Å²) in [5.74, 6) is 0.338. The van der Waals surface area contributed by atoms with Gasteiger partial charge in [0, 0.05) is 11.1 Å². The van der Waals surface area contributed by atoms with Gasteiger partial charge in [0.25, 0.3) is 5.56 Å². The van der Waals surface area contributed by atoms with Crippen LogP contribution in [-0.4, -0.2) is 9.78 Å². The molecule has 1 heterocycles. The molecule has 2 aromatic rings. The quantitative estimate of drug-likeness (QED) is 0.746. The molecule has 5 heteroatoms. The van der Waals surface area contributed by atoms with Crippen molar-refractivity contribution < 1.29 is 0 Å².